The molecule has 0 aromatic carbocycles. The summed E-state index contributed by atoms with van der Waals surface area (Å²) in [5.41, 5.74) is 1.05. The number of aryl methyl sites for hydroxylation is 2. The van der Waals surface area contributed by atoms with Crippen LogP contribution < -0.4 is 0 Å². The average molecular weight is 154 g/mol. The van der Waals surface area contributed by atoms with E-state index in [1.807, 2.05) is 19.3 Å². The van der Waals surface area contributed by atoms with E-state index in [9.17, 15) is 0 Å². The van der Waals surface area contributed by atoms with Gasteiger partial charge in [-0.05, 0) is 25.8 Å². The molecular weight excluding hydrogens is 140 g/mol. The molecule has 0 amide bonds. The second kappa shape index (κ2) is 3.53. The van der Waals surface area contributed by atoms with Crippen LogP contribution in [0.2, 0.25) is 0 Å². The van der Waals surface area contributed by atoms with Gasteiger partial charge in [-0.1, -0.05) is 0 Å². The minimum absolute atomic E-state index is 0.225. The van der Waals surface area contributed by atoms with Crippen molar-refractivity contribution in [3.63, 3.8) is 0 Å². The molecule has 11 heavy (non-hydrogen) atoms. The summed E-state index contributed by atoms with van der Waals surface area (Å²) in [5, 5.41) is 13.2. The molecule has 0 aliphatic heterocycles. The summed E-state index contributed by atoms with van der Waals surface area (Å²) in [4.78, 5) is 0. The summed E-state index contributed by atoms with van der Waals surface area (Å²) in [6.07, 6.45) is 3.34. The lowest BCUT2D eigenvalue weighted by molar-refractivity contribution is 0.184. The third-order valence-electron chi connectivity index (χ3n) is 1.59. The maximum atomic E-state index is 8.99. The van der Waals surface area contributed by atoms with Crippen molar-refractivity contribution >= 4 is 0 Å². The zero-order valence-corrected chi connectivity index (χ0v) is 6.99. The fraction of sp³-hybridized carbons (Fsp3) is 0.625. The first kappa shape index (κ1) is 8.27. The maximum absolute atomic E-state index is 8.99. The molecule has 3 heteroatoms. The van der Waals surface area contributed by atoms with Crippen LogP contribution in [0.3, 0.4) is 0 Å². The zero-order valence-electron chi connectivity index (χ0n) is 6.99. The molecular formula is C8H14N2O. The number of rotatable bonds is 3. The van der Waals surface area contributed by atoms with Crippen LogP contribution in [0.15, 0.2) is 12.3 Å². The van der Waals surface area contributed by atoms with Crippen molar-refractivity contribution < 1.29 is 5.11 Å². The van der Waals surface area contributed by atoms with Crippen molar-refractivity contribution in [2.45, 2.75) is 25.9 Å². The minimum Gasteiger partial charge on any atom is -0.393 e. The topological polar surface area (TPSA) is 38.0 Å². The van der Waals surface area contributed by atoms with Crippen LogP contribution in [0.4, 0.5) is 0 Å². The van der Waals surface area contributed by atoms with E-state index < -0.39 is 0 Å². The summed E-state index contributed by atoms with van der Waals surface area (Å²) >= 11 is 0. The van der Waals surface area contributed by atoms with Gasteiger partial charge in [-0.15, -0.1) is 0 Å². The SMILES string of the molecule is C[C@H](O)CCc1ccn(C)n1. The molecule has 0 saturated carbocycles. The quantitative estimate of drug-likeness (QED) is 0.697. The van der Waals surface area contributed by atoms with Crippen molar-refractivity contribution in [1.82, 2.24) is 9.78 Å². The van der Waals surface area contributed by atoms with Gasteiger partial charge in [0.25, 0.3) is 0 Å². The number of aliphatic hydroxyl groups is 1. The van der Waals surface area contributed by atoms with E-state index in [0.29, 0.717) is 0 Å². The van der Waals surface area contributed by atoms with E-state index in [-0.39, 0.29) is 6.10 Å². The Balaban J connectivity index is 2.39. The van der Waals surface area contributed by atoms with Crippen LogP contribution in [0.5, 0.6) is 0 Å². The van der Waals surface area contributed by atoms with E-state index in [1.54, 1.807) is 11.6 Å². The molecule has 0 radical (unpaired) electrons. The number of aliphatic hydroxyl groups excluding tert-OH is 1. The van der Waals surface area contributed by atoms with Crippen LogP contribution in [-0.4, -0.2) is 21.0 Å². The smallest absolute Gasteiger partial charge is 0.0625 e. The predicted molar refractivity (Wildman–Crippen MR) is 43.2 cm³/mol. The van der Waals surface area contributed by atoms with Gasteiger partial charge in [-0.3, -0.25) is 4.68 Å². The molecule has 0 bridgehead atoms. The minimum atomic E-state index is -0.225. The third-order valence-corrected chi connectivity index (χ3v) is 1.59. The highest BCUT2D eigenvalue weighted by atomic mass is 16.3. The third kappa shape index (κ3) is 2.72. The highest BCUT2D eigenvalue weighted by Gasteiger charge is 1.99. The van der Waals surface area contributed by atoms with Crippen molar-refractivity contribution in [3.05, 3.63) is 18.0 Å². The summed E-state index contributed by atoms with van der Waals surface area (Å²) < 4.78 is 1.78. The Labute approximate surface area is 66.7 Å². The molecule has 1 rings (SSSR count). The second-order valence-corrected chi connectivity index (χ2v) is 2.87. The van der Waals surface area contributed by atoms with Gasteiger partial charge in [0.2, 0.25) is 0 Å². The maximum Gasteiger partial charge on any atom is 0.0625 e. The Morgan fingerprint density at radius 2 is 2.45 bits per heavy atom. The molecule has 1 N–H and O–H groups in total. The van der Waals surface area contributed by atoms with Gasteiger partial charge < -0.3 is 5.11 Å². The Kier molecular flexibility index (Phi) is 2.65. The highest BCUT2D eigenvalue weighted by Crippen LogP contribution is 2.01. The first-order valence-corrected chi connectivity index (χ1v) is 3.85. The Hall–Kier alpha value is -0.830. The highest BCUT2D eigenvalue weighted by molar-refractivity contribution is 4.98. The normalized spacial score (nSPS) is 13.4. The van der Waals surface area contributed by atoms with Crippen LogP contribution in [0, 0.1) is 0 Å². The van der Waals surface area contributed by atoms with E-state index in [4.69, 9.17) is 5.11 Å². The first-order valence-electron chi connectivity index (χ1n) is 3.85. The molecule has 0 aliphatic carbocycles. The average Bonchev–Trinajstić information content (AvgIpc) is 2.31. The molecule has 1 atom stereocenters. The largest absolute Gasteiger partial charge is 0.393 e. The summed E-state index contributed by atoms with van der Waals surface area (Å²) in [5.74, 6) is 0. The molecule has 3 nitrogen and oxygen atoms in total. The second-order valence-electron chi connectivity index (χ2n) is 2.87. The molecule has 0 aliphatic rings. The van der Waals surface area contributed by atoms with Gasteiger partial charge in [-0.25, -0.2) is 0 Å². The molecule has 1 aromatic heterocycles. The van der Waals surface area contributed by atoms with Gasteiger partial charge in [-0.2, -0.15) is 5.10 Å². The standard InChI is InChI=1S/C8H14N2O/c1-7(11)3-4-8-5-6-10(2)9-8/h5-7,11H,3-4H2,1-2H3/t7-/m0/s1. The molecule has 0 unspecified atom stereocenters. The fourth-order valence-electron chi connectivity index (χ4n) is 0.953. The van der Waals surface area contributed by atoms with Crippen molar-refractivity contribution in [2.75, 3.05) is 0 Å². The molecule has 62 valence electrons. The lowest BCUT2D eigenvalue weighted by Crippen LogP contribution is -2.02. The van der Waals surface area contributed by atoms with Gasteiger partial charge in [0.1, 0.15) is 0 Å². The number of nitrogens with zero attached hydrogens (tertiary/aromatic N) is 2. The van der Waals surface area contributed by atoms with E-state index in [1.165, 1.54) is 0 Å². The number of hydrogen-bond donors (Lipinski definition) is 1. The fourth-order valence-corrected chi connectivity index (χ4v) is 0.953. The zero-order chi connectivity index (χ0) is 8.27. The van der Waals surface area contributed by atoms with E-state index >= 15 is 0 Å². The predicted octanol–water partition coefficient (Wildman–Crippen LogP) is 0.733. The molecule has 0 fully saturated rings. The molecule has 1 heterocycles. The number of aromatic nitrogens is 2. The van der Waals surface area contributed by atoms with Crippen LogP contribution in [-0.2, 0) is 13.5 Å². The van der Waals surface area contributed by atoms with Crippen LogP contribution >= 0.6 is 0 Å². The lowest BCUT2D eigenvalue weighted by Gasteiger charge is -1.99. The van der Waals surface area contributed by atoms with Gasteiger partial charge in [0, 0.05) is 13.2 Å². The van der Waals surface area contributed by atoms with Crippen molar-refractivity contribution in [2.24, 2.45) is 7.05 Å². The van der Waals surface area contributed by atoms with E-state index in [0.717, 1.165) is 18.5 Å². The van der Waals surface area contributed by atoms with Gasteiger partial charge >= 0.3 is 0 Å². The molecule has 0 spiro atoms. The van der Waals surface area contributed by atoms with E-state index in [2.05, 4.69) is 5.10 Å². The summed E-state index contributed by atoms with van der Waals surface area (Å²) in [7, 11) is 1.89. The Morgan fingerprint density at radius 1 is 1.73 bits per heavy atom. The van der Waals surface area contributed by atoms with Crippen molar-refractivity contribution in [3.8, 4) is 0 Å². The van der Waals surface area contributed by atoms with Crippen molar-refractivity contribution in [1.29, 1.82) is 0 Å². The lowest BCUT2D eigenvalue weighted by atomic mass is 10.2. The summed E-state index contributed by atoms with van der Waals surface area (Å²) in [6, 6.07) is 1.97. The van der Waals surface area contributed by atoms with Gasteiger partial charge in [0.05, 0.1) is 11.8 Å². The first-order chi connectivity index (χ1) is 5.18. The van der Waals surface area contributed by atoms with Crippen LogP contribution in [0.25, 0.3) is 0 Å². The monoisotopic (exact) mass is 154 g/mol. The van der Waals surface area contributed by atoms with Gasteiger partial charge in [0.15, 0.2) is 0 Å². The molecule has 0 saturated heterocycles. The molecule has 1 aromatic rings. The Morgan fingerprint density at radius 3 is 2.91 bits per heavy atom. The summed E-state index contributed by atoms with van der Waals surface area (Å²) in [6.45, 7) is 1.79. The Bertz CT molecular complexity index is 218. The van der Waals surface area contributed by atoms with Crippen LogP contribution in [0.1, 0.15) is 19.0 Å². The number of hydrogen-bond acceptors (Lipinski definition) is 2.